The summed E-state index contributed by atoms with van der Waals surface area (Å²) in [5.74, 6) is -0.0630. The Kier molecular flexibility index (Phi) is 3.61. The summed E-state index contributed by atoms with van der Waals surface area (Å²) in [6.45, 7) is 0.628. The van der Waals surface area contributed by atoms with E-state index in [4.69, 9.17) is 0 Å². The van der Waals surface area contributed by atoms with Crippen LogP contribution in [-0.2, 0) is 6.42 Å². The predicted octanol–water partition coefficient (Wildman–Crippen LogP) is 1.51. The lowest BCUT2D eigenvalue weighted by molar-refractivity contribution is 0.0954. The van der Waals surface area contributed by atoms with Crippen LogP contribution in [0, 0.1) is 0 Å². The van der Waals surface area contributed by atoms with Gasteiger partial charge in [-0.25, -0.2) is 0 Å². The first-order valence-corrected chi connectivity index (χ1v) is 5.80. The third-order valence-electron chi connectivity index (χ3n) is 2.08. The number of aromatic nitrogens is 2. The van der Waals surface area contributed by atoms with Gasteiger partial charge in [0.05, 0.1) is 5.51 Å². The van der Waals surface area contributed by atoms with Gasteiger partial charge in [0.2, 0.25) is 0 Å². The maximum Gasteiger partial charge on any atom is 0.251 e. The molecule has 16 heavy (non-hydrogen) atoms. The van der Waals surface area contributed by atoms with Crippen LogP contribution in [-0.4, -0.2) is 22.4 Å². The molecule has 2 aromatic rings. The zero-order chi connectivity index (χ0) is 11.2. The summed E-state index contributed by atoms with van der Waals surface area (Å²) >= 11 is 1.60. The highest BCUT2D eigenvalue weighted by atomic mass is 32.1. The van der Waals surface area contributed by atoms with Crippen LogP contribution >= 0.6 is 11.3 Å². The molecule has 4 nitrogen and oxygen atoms in total. The second-order valence-electron chi connectivity index (χ2n) is 3.21. The molecule has 0 unspecified atom stereocenters. The normalized spacial score (nSPS) is 10.0. The number of rotatable bonds is 4. The van der Waals surface area contributed by atoms with E-state index < -0.39 is 0 Å². The number of amides is 1. The smallest absolute Gasteiger partial charge is 0.251 e. The second-order valence-corrected chi connectivity index (χ2v) is 4.18. The SMILES string of the molecule is O=C(NCCc1cncs1)c1ccncc1. The summed E-state index contributed by atoms with van der Waals surface area (Å²) in [6.07, 6.45) is 5.86. The Morgan fingerprint density at radius 3 is 2.81 bits per heavy atom. The van der Waals surface area contributed by atoms with Crippen molar-refractivity contribution < 1.29 is 4.79 Å². The first-order chi connectivity index (χ1) is 7.86. The van der Waals surface area contributed by atoms with E-state index in [2.05, 4.69) is 15.3 Å². The first kappa shape index (κ1) is 10.8. The number of carbonyl (C=O) groups is 1. The summed E-state index contributed by atoms with van der Waals surface area (Å²) in [7, 11) is 0. The van der Waals surface area contributed by atoms with E-state index in [9.17, 15) is 4.79 Å². The molecule has 0 aromatic carbocycles. The van der Waals surface area contributed by atoms with Crippen LogP contribution in [0.5, 0.6) is 0 Å². The quantitative estimate of drug-likeness (QED) is 0.871. The third kappa shape index (κ3) is 2.87. The van der Waals surface area contributed by atoms with Gasteiger partial charge in [-0.15, -0.1) is 11.3 Å². The van der Waals surface area contributed by atoms with Crippen LogP contribution in [0.2, 0.25) is 0 Å². The lowest BCUT2D eigenvalue weighted by Crippen LogP contribution is -2.25. The number of hydrogen-bond donors (Lipinski definition) is 1. The molecule has 2 rings (SSSR count). The molecule has 0 bridgehead atoms. The maximum atomic E-state index is 11.6. The molecule has 0 saturated carbocycles. The summed E-state index contributed by atoms with van der Waals surface area (Å²) in [6, 6.07) is 3.39. The fraction of sp³-hybridized carbons (Fsp3) is 0.182. The topological polar surface area (TPSA) is 54.9 Å². The van der Waals surface area contributed by atoms with Crippen LogP contribution < -0.4 is 5.32 Å². The minimum Gasteiger partial charge on any atom is -0.352 e. The lowest BCUT2D eigenvalue weighted by Gasteiger charge is -2.03. The molecule has 0 aliphatic heterocycles. The Labute approximate surface area is 97.4 Å². The van der Waals surface area contributed by atoms with Gasteiger partial charge in [-0.3, -0.25) is 14.8 Å². The number of nitrogens with one attached hydrogen (secondary N) is 1. The van der Waals surface area contributed by atoms with Crippen LogP contribution in [0.15, 0.2) is 36.2 Å². The molecule has 82 valence electrons. The average Bonchev–Trinajstić information content (AvgIpc) is 2.83. The minimum atomic E-state index is -0.0630. The van der Waals surface area contributed by atoms with Gasteiger partial charge in [-0.05, 0) is 12.1 Å². The Morgan fingerprint density at radius 2 is 2.12 bits per heavy atom. The van der Waals surface area contributed by atoms with E-state index in [0.717, 1.165) is 6.42 Å². The van der Waals surface area contributed by atoms with Crippen molar-refractivity contribution in [3.8, 4) is 0 Å². The van der Waals surface area contributed by atoms with Gasteiger partial charge in [-0.2, -0.15) is 0 Å². The molecular formula is C11H11N3OS. The average molecular weight is 233 g/mol. The summed E-state index contributed by atoms with van der Waals surface area (Å²) in [5.41, 5.74) is 2.43. The standard InChI is InChI=1S/C11H11N3OS/c15-11(9-1-4-12-5-2-9)14-6-3-10-7-13-8-16-10/h1-2,4-5,7-8H,3,6H2,(H,14,15). The fourth-order valence-electron chi connectivity index (χ4n) is 1.27. The van der Waals surface area contributed by atoms with Crippen molar-refractivity contribution in [2.45, 2.75) is 6.42 Å². The molecule has 0 aliphatic carbocycles. The van der Waals surface area contributed by atoms with Crippen molar-refractivity contribution >= 4 is 17.2 Å². The Balaban J connectivity index is 1.81. The van der Waals surface area contributed by atoms with Crippen molar-refractivity contribution in [2.75, 3.05) is 6.54 Å². The second kappa shape index (κ2) is 5.37. The number of thiazole rings is 1. The van der Waals surface area contributed by atoms with Gasteiger partial charge in [0.15, 0.2) is 0 Å². The van der Waals surface area contributed by atoms with E-state index in [0.29, 0.717) is 12.1 Å². The molecule has 0 saturated heterocycles. The van der Waals surface area contributed by atoms with Gasteiger partial charge in [0.1, 0.15) is 0 Å². The Bertz CT molecular complexity index is 442. The van der Waals surface area contributed by atoms with Crippen molar-refractivity contribution in [2.24, 2.45) is 0 Å². The third-order valence-corrected chi connectivity index (χ3v) is 2.92. The Hall–Kier alpha value is -1.75. The van der Waals surface area contributed by atoms with E-state index in [1.165, 1.54) is 4.88 Å². The molecule has 5 heteroatoms. The molecule has 2 aromatic heterocycles. The van der Waals surface area contributed by atoms with Crippen LogP contribution in [0.3, 0.4) is 0 Å². The molecule has 0 aliphatic rings. The van der Waals surface area contributed by atoms with Gasteiger partial charge in [0, 0.05) is 42.0 Å². The van der Waals surface area contributed by atoms with Crippen LogP contribution in [0.4, 0.5) is 0 Å². The van der Waals surface area contributed by atoms with Crippen molar-refractivity contribution in [3.63, 3.8) is 0 Å². The van der Waals surface area contributed by atoms with Gasteiger partial charge < -0.3 is 5.32 Å². The van der Waals surface area contributed by atoms with Gasteiger partial charge >= 0.3 is 0 Å². The van der Waals surface area contributed by atoms with Crippen molar-refractivity contribution in [3.05, 3.63) is 46.7 Å². The Morgan fingerprint density at radius 1 is 1.31 bits per heavy atom. The highest BCUT2D eigenvalue weighted by Crippen LogP contribution is 2.05. The van der Waals surface area contributed by atoms with E-state index in [-0.39, 0.29) is 5.91 Å². The molecule has 0 fully saturated rings. The highest BCUT2D eigenvalue weighted by molar-refractivity contribution is 7.09. The van der Waals surface area contributed by atoms with E-state index in [1.54, 1.807) is 41.4 Å². The van der Waals surface area contributed by atoms with Crippen LogP contribution in [0.1, 0.15) is 15.2 Å². The predicted molar refractivity (Wildman–Crippen MR) is 62.4 cm³/mol. The zero-order valence-corrected chi connectivity index (χ0v) is 9.41. The van der Waals surface area contributed by atoms with E-state index >= 15 is 0 Å². The number of nitrogens with zero attached hydrogens (tertiary/aromatic N) is 2. The van der Waals surface area contributed by atoms with E-state index in [1.807, 2.05) is 6.20 Å². The van der Waals surface area contributed by atoms with Gasteiger partial charge in [-0.1, -0.05) is 0 Å². The molecule has 1 amide bonds. The molecule has 1 N–H and O–H groups in total. The first-order valence-electron chi connectivity index (χ1n) is 4.92. The molecule has 2 heterocycles. The van der Waals surface area contributed by atoms with Crippen molar-refractivity contribution in [1.29, 1.82) is 0 Å². The lowest BCUT2D eigenvalue weighted by atomic mass is 10.2. The summed E-state index contributed by atoms with van der Waals surface area (Å²) < 4.78 is 0. The monoisotopic (exact) mass is 233 g/mol. The number of pyridine rings is 1. The molecular weight excluding hydrogens is 222 g/mol. The molecule has 0 atom stereocenters. The van der Waals surface area contributed by atoms with Crippen LogP contribution in [0.25, 0.3) is 0 Å². The summed E-state index contributed by atoms with van der Waals surface area (Å²) in [4.78, 5) is 20.6. The summed E-state index contributed by atoms with van der Waals surface area (Å²) in [5, 5.41) is 2.85. The number of hydrogen-bond acceptors (Lipinski definition) is 4. The largest absolute Gasteiger partial charge is 0.352 e. The fourth-order valence-corrected chi connectivity index (χ4v) is 1.87. The minimum absolute atomic E-state index is 0.0630. The van der Waals surface area contributed by atoms with Crippen molar-refractivity contribution in [1.82, 2.24) is 15.3 Å². The zero-order valence-electron chi connectivity index (χ0n) is 8.59. The van der Waals surface area contributed by atoms with Gasteiger partial charge in [0.25, 0.3) is 5.91 Å². The number of carbonyl (C=O) groups excluding carboxylic acids is 1. The molecule has 0 spiro atoms. The molecule has 0 radical (unpaired) electrons. The highest BCUT2D eigenvalue weighted by Gasteiger charge is 2.03. The maximum absolute atomic E-state index is 11.6.